The van der Waals surface area contributed by atoms with E-state index in [9.17, 15) is 9.59 Å². The number of thiophene rings is 1. The number of carboxylic acid groups (broad SMARTS) is 1. The van der Waals surface area contributed by atoms with Gasteiger partial charge in [-0.05, 0) is 23.6 Å². The summed E-state index contributed by atoms with van der Waals surface area (Å²) in [5, 5.41) is 13.3. The van der Waals surface area contributed by atoms with Crippen LogP contribution in [0, 0.1) is 0 Å². The molecule has 0 fully saturated rings. The van der Waals surface area contributed by atoms with Crippen LogP contribution in [0.1, 0.15) is 10.4 Å². The number of para-hydroxylation sites is 1. The van der Waals surface area contributed by atoms with E-state index in [1.54, 1.807) is 17.5 Å². The number of carboxylic acids is 1. The lowest BCUT2D eigenvalue weighted by molar-refractivity contribution is 0.0698. The van der Waals surface area contributed by atoms with E-state index in [0.717, 1.165) is 17.0 Å². The van der Waals surface area contributed by atoms with Crippen LogP contribution in [0.25, 0.3) is 0 Å². The van der Waals surface area contributed by atoms with Gasteiger partial charge in [-0.1, -0.05) is 18.2 Å². The Morgan fingerprint density at radius 2 is 1.84 bits per heavy atom. The lowest BCUT2D eigenvalue weighted by atomic mass is 10.3. The zero-order valence-corrected chi connectivity index (χ0v) is 10.5. The van der Waals surface area contributed by atoms with Crippen LogP contribution in [0.2, 0.25) is 0 Å². The van der Waals surface area contributed by atoms with E-state index in [1.165, 1.54) is 6.07 Å². The van der Waals surface area contributed by atoms with Crippen LogP contribution in [0.3, 0.4) is 0 Å². The van der Waals surface area contributed by atoms with Gasteiger partial charge >= 0.3 is 12.0 Å². The van der Waals surface area contributed by atoms with Gasteiger partial charge < -0.3 is 5.11 Å². The van der Waals surface area contributed by atoms with Crippen LogP contribution in [0.15, 0.2) is 41.8 Å². The average Bonchev–Trinajstić information content (AvgIpc) is 2.86. The molecule has 2 rings (SSSR count). The van der Waals surface area contributed by atoms with Crippen molar-refractivity contribution in [1.29, 1.82) is 0 Å². The molecule has 0 bridgehead atoms. The molecule has 7 heteroatoms. The number of aromatic carboxylic acids is 1. The minimum absolute atomic E-state index is 0.0693. The Morgan fingerprint density at radius 3 is 2.53 bits per heavy atom. The summed E-state index contributed by atoms with van der Waals surface area (Å²) in [6.07, 6.45) is 0. The molecule has 0 aliphatic rings. The van der Waals surface area contributed by atoms with E-state index in [4.69, 9.17) is 5.11 Å². The summed E-state index contributed by atoms with van der Waals surface area (Å²) in [6.45, 7) is 0. The van der Waals surface area contributed by atoms with E-state index < -0.39 is 12.0 Å². The first kappa shape index (κ1) is 12.9. The number of nitrogens with one attached hydrogen (secondary N) is 3. The maximum absolute atomic E-state index is 11.6. The Bertz CT molecular complexity index is 583. The fourth-order valence-electron chi connectivity index (χ4n) is 1.36. The van der Waals surface area contributed by atoms with Crippen molar-refractivity contribution >= 4 is 34.0 Å². The van der Waals surface area contributed by atoms with E-state index >= 15 is 0 Å². The maximum Gasteiger partial charge on any atom is 0.338 e. The Morgan fingerprint density at radius 1 is 1.11 bits per heavy atom. The summed E-state index contributed by atoms with van der Waals surface area (Å²) in [6, 6.07) is 9.98. The second-order valence-corrected chi connectivity index (χ2v) is 4.45. The summed E-state index contributed by atoms with van der Waals surface area (Å²) in [4.78, 5) is 22.5. The van der Waals surface area contributed by atoms with Gasteiger partial charge in [0.15, 0.2) is 0 Å². The molecule has 1 aromatic heterocycles. The zero-order chi connectivity index (χ0) is 13.7. The van der Waals surface area contributed by atoms with Gasteiger partial charge in [0.25, 0.3) is 0 Å². The highest BCUT2D eigenvalue weighted by atomic mass is 32.1. The van der Waals surface area contributed by atoms with E-state index in [0.29, 0.717) is 5.00 Å². The van der Waals surface area contributed by atoms with Crippen LogP contribution in [-0.4, -0.2) is 17.1 Å². The number of carbonyl (C=O) groups excluding carboxylic acids is 1. The number of hydrazine groups is 1. The van der Waals surface area contributed by atoms with E-state index in [2.05, 4.69) is 16.2 Å². The monoisotopic (exact) mass is 277 g/mol. The zero-order valence-electron chi connectivity index (χ0n) is 9.71. The number of anilines is 2. The number of hydrogen-bond acceptors (Lipinski definition) is 4. The van der Waals surface area contributed by atoms with Crippen molar-refractivity contribution in [2.75, 3.05) is 10.7 Å². The molecule has 0 aliphatic heterocycles. The minimum atomic E-state index is -1.08. The molecule has 0 saturated heterocycles. The second-order valence-electron chi connectivity index (χ2n) is 3.54. The second kappa shape index (κ2) is 5.87. The van der Waals surface area contributed by atoms with Crippen molar-refractivity contribution in [1.82, 2.24) is 5.43 Å². The van der Waals surface area contributed by atoms with Gasteiger partial charge in [0.1, 0.15) is 5.00 Å². The topological polar surface area (TPSA) is 90.5 Å². The van der Waals surface area contributed by atoms with Gasteiger partial charge in [-0.25, -0.2) is 9.59 Å². The molecule has 4 N–H and O–H groups in total. The number of hydrogen-bond donors (Lipinski definition) is 4. The van der Waals surface area contributed by atoms with Gasteiger partial charge in [-0.3, -0.25) is 16.2 Å². The smallest absolute Gasteiger partial charge is 0.338 e. The number of amides is 2. The first-order chi connectivity index (χ1) is 9.16. The molecule has 0 unspecified atom stereocenters. The highest BCUT2D eigenvalue weighted by molar-refractivity contribution is 7.14. The quantitative estimate of drug-likeness (QED) is 0.646. The van der Waals surface area contributed by atoms with Crippen molar-refractivity contribution < 1.29 is 14.7 Å². The summed E-state index contributed by atoms with van der Waals surface area (Å²) < 4.78 is 0. The number of urea groups is 1. The molecule has 0 radical (unpaired) electrons. The van der Waals surface area contributed by atoms with Crippen LogP contribution in [0.4, 0.5) is 15.5 Å². The molecule has 19 heavy (non-hydrogen) atoms. The fourth-order valence-corrected chi connectivity index (χ4v) is 2.13. The summed E-state index contributed by atoms with van der Waals surface area (Å²) >= 11 is 1.15. The highest BCUT2D eigenvalue weighted by Gasteiger charge is 2.13. The molecule has 0 saturated carbocycles. The first-order valence-electron chi connectivity index (χ1n) is 5.35. The third-order valence-electron chi connectivity index (χ3n) is 2.22. The highest BCUT2D eigenvalue weighted by Crippen LogP contribution is 2.22. The molecule has 0 atom stereocenters. The van der Waals surface area contributed by atoms with Gasteiger partial charge in [-0.2, -0.15) is 0 Å². The molecule has 2 amide bonds. The van der Waals surface area contributed by atoms with Gasteiger partial charge in [-0.15, -0.1) is 11.3 Å². The number of benzene rings is 1. The first-order valence-corrected chi connectivity index (χ1v) is 6.23. The third kappa shape index (κ3) is 3.46. The fraction of sp³-hybridized carbons (Fsp3) is 0. The van der Waals surface area contributed by atoms with Crippen molar-refractivity contribution in [3.8, 4) is 0 Å². The SMILES string of the molecule is O=C(NNc1ccccc1)Nc1sccc1C(=O)O. The van der Waals surface area contributed by atoms with Gasteiger partial charge in [0.2, 0.25) is 0 Å². The lowest BCUT2D eigenvalue weighted by Crippen LogP contribution is -2.33. The summed E-state index contributed by atoms with van der Waals surface area (Å²) in [7, 11) is 0. The Balaban J connectivity index is 1.91. The largest absolute Gasteiger partial charge is 0.478 e. The van der Waals surface area contributed by atoms with Crippen molar-refractivity contribution in [2.45, 2.75) is 0 Å². The van der Waals surface area contributed by atoms with Crippen LogP contribution >= 0.6 is 11.3 Å². The van der Waals surface area contributed by atoms with Crippen molar-refractivity contribution in [3.05, 3.63) is 47.3 Å². The molecule has 1 aromatic carbocycles. The average molecular weight is 277 g/mol. The standard InChI is InChI=1S/C12H11N3O3S/c16-11(17)9-6-7-19-10(9)13-12(18)15-14-8-4-2-1-3-5-8/h1-7,14H,(H,16,17)(H2,13,15,18). The Kier molecular flexibility index (Phi) is 3.99. The number of rotatable bonds is 4. The van der Waals surface area contributed by atoms with E-state index in [-0.39, 0.29) is 5.56 Å². The van der Waals surface area contributed by atoms with Gasteiger partial charge in [0.05, 0.1) is 11.3 Å². The lowest BCUT2D eigenvalue weighted by Gasteiger charge is -2.09. The summed E-state index contributed by atoms with van der Waals surface area (Å²) in [5.41, 5.74) is 5.91. The molecule has 6 nitrogen and oxygen atoms in total. The van der Waals surface area contributed by atoms with Crippen LogP contribution in [-0.2, 0) is 0 Å². The minimum Gasteiger partial charge on any atom is -0.478 e. The summed E-state index contributed by atoms with van der Waals surface area (Å²) in [5.74, 6) is -1.08. The van der Waals surface area contributed by atoms with E-state index in [1.807, 2.05) is 18.2 Å². The Hall–Kier alpha value is -2.54. The molecular formula is C12H11N3O3S. The Labute approximate surface area is 113 Å². The third-order valence-corrected chi connectivity index (χ3v) is 3.05. The molecule has 0 aliphatic carbocycles. The number of carbonyl (C=O) groups is 2. The van der Waals surface area contributed by atoms with Crippen molar-refractivity contribution in [3.63, 3.8) is 0 Å². The molecule has 1 heterocycles. The van der Waals surface area contributed by atoms with Crippen LogP contribution < -0.4 is 16.2 Å². The molecule has 0 spiro atoms. The van der Waals surface area contributed by atoms with Crippen LogP contribution in [0.5, 0.6) is 0 Å². The molecular weight excluding hydrogens is 266 g/mol. The molecule has 2 aromatic rings. The normalized spacial score (nSPS) is 9.68. The van der Waals surface area contributed by atoms with Gasteiger partial charge in [0, 0.05) is 0 Å². The van der Waals surface area contributed by atoms with Crippen molar-refractivity contribution in [2.24, 2.45) is 0 Å². The predicted molar refractivity (Wildman–Crippen MR) is 73.5 cm³/mol. The predicted octanol–water partition coefficient (Wildman–Crippen LogP) is 2.59. The molecule has 98 valence electrons. The maximum atomic E-state index is 11.6.